The van der Waals surface area contributed by atoms with Gasteiger partial charge in [-0.15, -0.1) is 0 Å². The van der Waals surface area contributed by atoms with Crippen molar-refractivity contribution in [3.8, 4) is 11.1 Å². The van der Waals surface area contributed by atoms with Gasteiger partial charge >= 0.3 is 0 Å². The van der Waals surface area contributed by atoms with Gasteiger partial charge in [-0.3, -0.25) is 9.80 Å². The Labute approximate surface area is 169 Å². The zero-order valence-corrected chi connectivity index (χ0v) is 16.8. The number of aliphatic hydroxyl groups is 1. The highest BCUT2D eigenvalue weighted by Crippen LogP contribution is 2.37. The lowest BCUT2D eigenvalue weighted by Gasteiger charge is -2.42. The molecule has 0 bridgehead atoms. The van der Waals surface area contributed by atoms with Crippen molar-refractivity contribution in [3.05, 3.63) is 59.2 Å². The van der Waals surface area contributed by atoms with Crippen LogP contribution in [0.1, 0.15) is 42.4 Å². The van der Waals surface area contributed by atoms with Crippen LogP contribution in [-0.2, 0) is 13.0 Å². The van der Waals surface area contributed by atoms with Crippen molar-refractivity contribution in [1.29, 1.82) is 0 Å². The van der Waals surface area contributed by atoms with Crippen LogP contribution in [0, 0.1) is 5.92 Å². The Bertz CT molecular complexity index is 825. The van der Waals surface area contributed by atoms with Crippen LogP contribution in [0.5, 0.6) is 0 Å². The molecule has 2 fully saturated rings. The summed E-state index contributed by atoms with van der Waals surface area (Å²) in [5.41, 5.74) is 7.29. The van der Waals surface area contributed by atoms with Crippen LogP contribution in [0.25, 0.3) is 11.1 Å². The second-order valence-corrected chi connectivity index (χ2v) is 9.02. The summed E-state index contributed by atoms with van der Waals surface area (Å²) in [6.45, 7) is 6.20. The van der Waals surface area contributed by atoms with Crippen LogP contribution in [-0.4, -0.2) is 53.7 Å². The summed E-state index contributed by atoms with van der Waals surface area (Å²) >= 11 is 0. The third-order valence-corrected chi connectivity index (χ3v) is 7.17. The van der Waals surface area contributed by atoms with Crippen molar-refractivity contribution in [1.82, 2.24) is 9.80 Å². The molecule has 0 radical (unpaired) electrons. The molecule has 0 spiro atoms. The van der Waals surface area contributed by atoms with Crippen LogP contribution < -0.4 is 0 Å². The maximum absolute atomic E-state index is 9.39. The van der Waals surface area contributed by atoms with Gasteiger partial charge in [0.15, 0.2) is 0 Å². The fourth-order valence-corrected chi connectivity index (χ4v) is 5.53. The Hall–Kier alpha value is -1.68. The molecule has 0 saturated carbocycles. The highest BCUT2D eigenvalue weighted by molar-refractivity contribution is 5.76. The first kappa shape index (κ1) is 18.4. The van der Waals surface area contributed by atoms with Crippen molar-refractivity contribution in [3.63, 3.8) is 0 Å². The van der Waals surface area contributed by atoms with Crippen molar-refractivity contribution >= 4 is 0 Å². The number of aliphatic hydroxyl groups excluding tert-OH is 1. The third-order valence-electron chi connectivity index (χ3n) is 7.17. The Kier molecular flexibility index (Phi) is 5.23. The van der Waals surface area contributed by atoms with Gasteiger partial charge in [-0.05, 0) is 85.5 Å². The highest BCUT2D eigenvalue weighted by atomic mass is 16.3. The Morgan fingerprint density at radius 2 is 1.71 bits per heavy atom. The Morgan fingerprint density at radius 1 is 0.893 bits per heavy atom. The standard InChI is InChI=1S/C25H32N2O/c28-18-19-9-12-27(13-10-19)23-5-3-11-26(17-23)16-20-7-8-25-22(14-20)15-21-4-1-2-6-24(21)25/h1-2,4,6-8,14,19,23,28H,3,5,9-13,15-18H2. The highest BCUT2D eigenvalue weighted by Gasteiger charge is 2.28. The topological polar surface area (TPSA) is 26.7 Å². The molecule has 1 atom stereocenters. The number of benzene rings is 2. The average Bonchev–Trinajstić information content (AvgIpc) is 3.12. The lowest BCUT2D eigenvalue weighted by Crippen LogP contribution is -2.50. The van der Waals surface area contributed by atoms with E-state index in [0.717, 1.165) is 13.0 Å². The number of nitrogens with zero attached hydrogens (tertiary/aromatic N) is 2. The molecule has 1 N–H and O–H groups in total. The molecule has 2 aromatic carbocycles. The summed E-state index contributed by atoms with van der Waals surface area (Å²) in [5, 5.41) is 9.39. The molecule has 3 nitrogen and oxygen atoms in total. The van der Waals surface area contributed by atoms with Gasteiger partial charge in [0.25, 0.3) is 0 Å². The van der Waals surface area contributed by atoms with Crippen LogP contribution in [0.15, 0.2) is 42.5 Å². The molecule has 1 unspecified atom stereocenters. The molecule has 5 rings (SSSR count). The van der Waals surface area contributed by atoms with Crippen LogP contribution in [0.3, 0.4) is 0 Å². The van der Waals surface area contributed by atoms with Gasteiger partial charge in [-0.2, -0.15) is 0 Å². The van der Waals surface area contributed by atoms with Crippen LogP contribution in [0.2, 0.25) is 0 Å². The molecule has 28 heavy (non-hydrogen) atoms. The predicted molar refractivity (Wildman–Crippen MR) is 114 cm³/mol. The van der Waals surface area contributed by atoms with E-state index in [2.05, 4.69) is 52.3 Å². The molecule has 2 aromatic rings. The van der Waals surface area contributed by atoms with Gasteiger partial charge in [0.1, 0.15) is 0 Å². The maximum Gasteiger partial charge on any atom is 0.0460 e. The Morgan fingerprint density at radius 3 is 2.57 bits per heavy atom. The van der Waals surface area contributed by atoms with E-state index in [1.807, 2.05) is 0 Å². The van der Waals surface area contributed by atoms with E-state index in [0.29, 0.717) is 18.6 Å². The molecular formula is C25H32N2O. The van der Waals surface area contributed by atoms with Gasteiger partial charge in [-0.25, -0.2) is 0 Å². The smallest absolute Gasteiger partial charge is 0.0460 e. The van der Waals surface area contributed by atoms with Gasteiger partial charge < -0.3 is 5.11 Å². The van der Waals surface area contributed by atoms with Gasteiger partial charge in [-0.1, -0.05) is 42.5 Å². The molecule has 2 saturated heterocycles. The van der Waals surface area contributed by atoms with Crippen LogP contribution in [0.4, 0.5) is 0 Å². The number of likely N-dealkylation sites (tertiary alicyclic amines) is 2. The molecule has 1 aliphatic carbocycles. The zero-order valence-electron chi connectivity index (χ0n) is 16.8. The fourth-order valence-electron chi connectivity index (χ4n) is 5.53. The fraction of sp³-hybridized carbons (Fsp3) is 0.520. The predicted octanol–water partition coefficient (Wildman–Crippen LogP) is 3.93. The minimum absolute atomic E-state index is 0.368. The molecule has 148 valence electrons. The van der Waals surface area contributed by atoms with E-state index >= 15 is 0 Å². The van der Waals surface area contributed by atoms with E-state index in [-0.39, 0.29) is 0 Å². The average molecular weight is 377 g/mol. The summed E-state index contributed by atoms with van der Waals surface area (Å²) in [5.74, 6) is 0.534. The lowest BCUT2D eigenvalue weighted by atomic mass is 9.94. The summed E-state index contributed by atoms with van der Waals surface area (Å²) in [4.78, 5) is 5.35. The number of hydrogen-bond donors (Lipinski definition) is 1. The minimum Gasteiger partial charge on any atom is -0.396 e. The second kappa shape index (κ2) is 7.98. The van der Waals surface area contributed by atoms with Gasteiger partial charge in [0, 0.05) is 25.7 Å². The molecule has 2 aliphatic heterocycles. The normalized spacial score (nSPS) is 23.5. The number of fused-ring (bicyclic) bond motifs is 3. The van der Waals surface area contributed by atoms with E-state index < -0.39 is 0 Å². The second-order valence-electron chi connectivity index (χ2n) is 9.02. The summed E-state index contributed by atoms with van der Waals surface area (Å²) in [6, 6.07) is 16.7. The van der Waals surface area contributed by atoms with Crippen LogP contribution >= 0.6 is 0 Å². The summed E-state index contributed by atoms with van der Waals surface area (Å²) in [6.07, 6.45) is 6.05. The molecule has 3 aliphatic rings. The lowest BCUT2D eigenvalue weighted by molar-refractivity contribution is 0.0544. The molecule has 2 heterocycles. The molecule has 0 aromatic heterocycles. The van der Waals surface area contributed by atoms with Gasteiger partial charge in [0.05, 0.1) is 0 Å². The number of hydrogen-bond acceptors (Lipinski definition) is 3. The minimum atomic E-state index is 0.368. The Balaban J connectivity index is 1.23. The number of rotatable bonds is 4. The zero-order chi connectivity index (χ0) is 18.9. The summed E-state index contributed by atoms with van der Waals surface area (Å²) in [7, 11) is 0. The maximum atomic E-state index is 9.39. The van der Waals surface area contributed by atoms with Crippen molar-refractivity contribution < 1.29 is 5.11 Å². The monoisotopic (exact) mass is 376 g/mol. The van der Waals surface area contributed by atoms with Crippen molar-refractivity contribution in [2.75, 3.05) is 32.8 Å². The first-order valence-electron chi connectivity index (χ1n) is 11.1. The largest absolute Gasteiger partial charge is 0.396 e. The van der Waals surface area contributed by atoms with E-state index in [4.69, 9.17) is 0 Å². The quantitative estimate of drug-likeness (QED) is 0.747. The van der Waals surface area contributed by atoms with E-state index in [1.165, 1.54) is 79.7 Å². The first-order chi connectivity index (χ1) is 13.8. The van der Waals surface area contributed by atoms with Crippen molar-refractivity contribution in [2.45, 2.75) is 44.7 Å². The molecule has 0 amide bonds. The van der Waals surface area contributed by atoms with Crippen molar-refractivity contribution in [2.24, 2.45) is 5.92 Å². The molecular weight excluding hydrogens is 344 g/mol. The molecule has 3 heteroatoms. The summed E-state index contributed by atoms with van der Waals surface area (Å²) < 4.78 is 0. The first-order valence-corrected chi connectivity index (χ1v) is 11.1. The SMILES string of the molecule is OCC1CCN(C2CCCN(Cc3ccc4c(c3)Cc3ccccc3-4)C2)CC1. The van der Waals surface area contributed by atoms with E-state index in [1.54, 1.807) is 0 Å². The third kappa shape index (κ3) is 3.63. The number of piperidine rings is 2. The van der Waals surface area contributed by atoms with E-state index in [9.17, 15) is 5.11 Å². The van der Waals surface area contributed by atoms with Gasteiger partial charge in [0.2, 0.25) is 0 Å².